The van der Waals surface area contributed by atoms with E-state index in [1.807, 2.05) is 4.90 Å². The Hall–Kier alpha value is -1.62. The van der Waals surface area contributed by atoms with E-state index in [4.69, 9.17) is 0 Å². The summed E-state index contributed by atoms with van der Waals surface area (Å²) in [5.41, 5.74) is 0.585. The summed E-state index contributed by atoms with van der Waals surface area (Å²) >= 11 is 0. The number of aryl methyl sites for hydroxylation is 1. The van der Waals surface area contributed by atoms with Gasteiger partial charge in [0.1, 0.15) is 0 Å². The van der Waals surface area contributed by atoms with Crippen LogP contribution in [0.25, 0.3) is 0 Å². The molecule has 3 rings (SSSR count). The van der Waals surface area contributed by atoms with Gasteiger partial charge in [-0.15, -0.1) is 0 Å². The third-order valence-electron chi connectivity index (χ3n) is 5.36. The van der Waals surface area contributed by atoms with Crippen LogP contribution in [-0.2, 0) is 11.8 Å². The van der Waals surface area contributed by atoms with Gasteiger partial charge >= 0.3 is 0 Å². The Bertz CT molecular complexity index is 639. The maximum atomic E-state index is 12.8. The Balaban J connectivity index is 1.75. The highest BCUT2D eigenvalue weighted by Gasteiger charge is 2.54. The van der Waals surface area contributed by atoms with E-state index in [1.54, 1.807) is 19.3 Å². The molecule has 0 N–H and O–H groups in total. The molecule has 0 bridgehead atoms. The van der Waals surface area contributed by atoms with Gasteiger partial charge in [-0.05, 0) is 38.8 Å². The van der Waals surface area contributed by atoms with Crippen LogP contribution >= 0.6 is 0 Å². The van der Waals surface area contributed by atoms with Crippen molar-refractivity contribution in [3.05, 3.63) is 28.7 Å². The molecule has 0 saturated carbocycles. The molecule has 3 heterocycles. The average Bonchev–Trinajstić information content (AvgIpc) is 2.54. The van der Waals surface area contributed by atoms with Crippen LogP contribution in [0.2, 0.25) is 0 Å². The van der Waals surface area contributed by atoms with E-state index in [-0.39, 0.29) is 16.9 Å². The zero-order chi connectivity index (χ0) is 15.9. The standard InChI is InChI=1S/C17H25N3O2/c1-4-13(2)19-9-5-8-17(11-19)12-20(16(17)22)14-6-7-15(21)18(3)10-14/h6-7,10,13H,4-5,8-9,11-12H2,1-3H3/t13-,17-/m1/s1. The van der Waals surface area contributed by atoms with E-state index in [2.05, 4.69) is 18.7 Å². The number of nitrogens with zero attached hydrogens (tertiary/aromatic N) is 3. The topological polar surface area (TPSA) is 45.5 Å². The van der Waals surface area contributed by atoms with Gasteiger partial charge in [0, 0.05) is 38.4 Å². The van der Waals surface area contributed by atoms with Gasteiger partial charge in [0.05, 0.1) is 11.1 Å². The molecule has 120 valence electrons. The van der Waals surface area contributed by atoms with Crippen molar-refractivity contribution in [2.45, 2.75) is 39.2 Å². The normalized spacial score (nSPS) is 27.0. The maximum Gasteiger partial charge on any atom is 0.250 e. The lowest BCUT2D eigenvalue weighted by Crippen LogP contribution is -2.68. The molecule has 1 aromatic rings. The molecule has 0 radical (unpaired) electrons. The number of rotatable bonds is 3. The van der Waals surface area contributed by atoms with Crippen molar-refractivity contribution >= 4 is 11.6 Å². The Morgan fingerprint density at radius 3 is 2.68 bits per heavy atom. The fraction of sp³-hybridized carbons (Fsp3) is 0.647. The van der Waals surface area contributed by atoms with Gasteiger partial charge in [-0.1, -0.05) is 6.92 Å². The third kappa shape index (κ3) is 2.37. The first-order chi connectivity index (χ1) is 10.5. The first-order valence-electron chi connectivity index (χ1n) is 8.19. The predicted molar refractivity (Wildman–Crippen MR) is 87.0 cm³/mol. The molecule has 5 nitrogen and oxygen atoms in total. The molecule has 22 heavy (non-hydrogen) atoms. The van der Waals surface area contributed by atoms with E-state index in [1.165, 1.54) is 10.6 Å². The number of anilines is 1. The third-order valence-corrected chi connectivity index (χ3v) is 5.36. The predicted octanol–water partition coefficient (Wildman–Crippen LogP) is 1.61. The quantitative estimate of drug-likeness (QED) is 0.797. The van der Waals surface area contributed by atoms with Crippen LogP contribution in [0.15, 0.2) is 23.1 Å². The van der Waals surface area contributed by atoms with Gasteiger partial charge in [-0.25, -0.2) is 0 Å². The fourth-order valence-electron chi connectivity index (χ4n) is 3.69. The monoisotopic (exact) mass is 303 g/mol. The maximum absolute atomic E-state index is 12.8. The second kappa shape index (κ2) is 5.54. The molecular formula is C17H25N3O2. The van der Waals surface area contributed by atoms with Gasteiger partial charge in [-0.2, -0.15) is 0 Å². The Labute approximate surface area is 131 Å². The summed E-state index contributed by atoms with van der Waals surface area (Å²) in [7, 11) is 1.72. The van der Waals surface area contributed by atoms with Crippen molar-refractivity contribution < 1.29 is 4.79 Å². The average molecular weight is 303 g/mol. The smallest absolute Gasteiger partial charge is 0.250 e. The van der Waals surface area contributed by atoms with Crippen molar-refractivity contribution in [1.29, 1.82) is 0 Å². The number of pyridine rings is 1. The molecular weight excluding hydrogens is 278 g/mol. The number of carbonyl (C=O) groups excluding carboxylic acids is 1. The number of likely N-dealkylation sites (tertiary alicyclic amines) is 1. The lowest BCUT2D eigenvalue weighted by Gasteiger charge is -2.54. The van der Waals surface area contributed by atoms with E-state index in [0.29, 0.717) is 6.04 Å². The summed E-state index contributed by atoms with van der Waals surface area (Å²) in [6.45, 7) is 7.20. The molecule has 2 aliphatic rings. The minimum Gasteiger partial charge on any atom is -0.317 e. The molecule has 2 atom stereocenters. The number of carbonyl (C=O) groups is 1. The SMILES string of the molecule is CC[C@@H](C)N1CCC[C@]2(CN(c3ccc(=O)n(C)c3)C2=O)C1. The van der Waals surface area contributed by atoms with Crippen LogP contribution in [0.3, 0.4) is 0 Å². The summed E-state index contributed by atoms with van der Waals surface area (Å²) in [5, 5.41) is 0. The van der Waals surface area contributed by atoms with Gasteiger partial charge < -0.3 is 9.47 Å². The number of aromatic nitrogens is 1. The largest absolute Gasteiger partial charge is 0.317 e. The molecule has 0 aliphatic carbocycles. The second-order valence-corrected chi connectivity index (χ2v) is 6.84. The minimum atomic E-state index is -0.198. The van der Waals surface area contributed by atoms with Crippen LogP contribution in [0.5, 0.6) is 0 Å². The molecule has 0 unspecified atom stereocenters. The minimum absolute atomic E-state index is 0.0490. The molecule has 5 heteroatoms. The zero-order valence-electron chi connectivity index (χ0n) is 13.7. The van der Waals surface area contributed by atoms with Crippen LogP contribution in [0.1, 0.15) is 33.1 Å². The first-order valence-corrected chi connectivity index (χ1v) is 8.19. The van der Waals surface area contributed by atoms with Gasteiger partial charge in [-0.3, -0.25) is 14.5 Å². The Kier molecular flexibility index (Phi) is 3.85. The molecule has 2 fully saturated rings. The zero-order valence-corrected chi connectivity index (χ0v) is 13.7. The summed E-state index contributed by atoms with van der Waals surface area (Å²) < 4.78 is 1.53. The van der Waals surface area contributed by atoms with Gasteiger partial charge in [0.2, 0.25) is 11.5 Å². The fourth-order valence-corrected chi connectivity index (χ4v) is 3.69. The highest BCUT2D eigenvalue weighted by atomic mass is 16.2. The summed E-state index contributed by atoms with van der Waals surface area (Å²) in [6, 6.07) is 3.82. The second-order valence-electron chi connectivity index (χ2n) is 6.84. The van der Waals surface area contributed by atoms with Crippen molar-refractivity contribution in [2.75, 3.05) is 24.5 Å². The Morgan fingerprint density at radius 1 is 1.27 bits per heavy atom. The van der Waals surface area contributed by atoms with E-state index in [0.717, 1.165) is 44.6 Å². The molecule has 2 saturated heterocycles. The summed E-state index contributed by atoms with van der Waals surface area (Å²) in [5.74, 6) is 0.221. The van der Waals surface area contributed by atoms with Crippen LogP contribution in [0.4, 0.5) is 5.69 Å². The van der Waals surface area contributed by atoms with Gasteiger partial charge in [0.25, 0.3) is 0 Å². The number of hydrogen-bond donors (Lipinski definition) is 0. The lowest BCUT2D eigenvalue weighted by atomic mass is 9.72. The number of amides is 1. The van der Waals surface area contributed by atoms with Crippen molar-refractivity contribution in [3.63, 3.8) is 0 Å². The van der Waals surface area contributed by atoms with Crippen LogP contribution < -0.4 is 10.5 Å². The summed E-state index contributed by atoms with van der Waals surface area (Å²) in [4.78, 5) is 28.6. The van der Waals surface area contributed by atoms with E-state index < -0.39 is 0 Å². The van der Waals surface area contributed by atoms with Crippen molar-refractivity contribution in [3.8, 4) is 0 Å². The molecule has 1 amide bonds. The van der Waals surface area contributed by atoms with Crippen molar-refractivity contribution in [2.24, 2.45) is 12.5 Å². The Morgan fingerprint density at radius 2 is 2.05 bits per heavy atom. The first kappa shape index (κ1) is 15.3. The molecule has 0 aromatic carbocycles. The lowest BCUT2D eigenvalue weighted by molar-refractivity contribution is -0.140. The molecule has 1 spiro atoms. The number of hydrogen-bond acceptors (Lipinski definition) is 3. The molecule has 1 aromatic heterocycles. The van der Waals surface area contributed by atoms with E-state index >= 15 is 0 Å². The number of piperidine rings is 1. The van der Waals surface area contributed by atoms with Gasteiger partial charge in [0.15, 0.2) is 0 Å². The highest BCUT2D eigenvalue weighted by molar-refractivity contribution is 6.04. The van der Waals surface area contributed by atoms with E-state index in [9.17, 15) is 9.59 Å². The molecule has 2 aliphatic heterocycles. The summed E-state index contributed by atoms with van der Waals surface area (Å²) in [6.07, 6.45) is 4.95. The van der Waals surface area contributed by atoms with Crippen LogP contribution in [0, 0.1) is 5.41 Å². The number of β-lactam (4-membered cyclic amide) rings is 1. The van der Waals surface area contributed by atoms with Crippen LogP contribution in [-0.4, -0.2) is 41.1 Å². The highest BCUT2D eigenvalue weighted by Crippen LogP contribution is 2.42. The van der Waals surface area contributed by atoms with Crippen molar-refractivity contribution in [1.82, 2.24) is 9.47 Å².